The van der Waals surface area contributed by atoms with Crippen LogP contribution in [0.2, 0.25) is 0 Å². The molecule has 2 aromatic rings. The Balaban J connectivity index is 1.46. The Bertz CT molecular complexity index is 729. The van der Waals surface area contributed by atoms with Gasteiger partial charge in [0.05, 0.1) is 12.1 Å². The molecule has 0 unspecified atom stereocenters. The maximum atomic E-state index is 12.9. The third-order valence-corrected chi connectivity index (χ3v) is 4.06. The lowest BCUT2D eigenvalue weighted by atomic mass is 10.2. The van der Waals surface area contributed by atoms with Crippen molar-refractivity contribution in [2.75, 3.05) is 38.0 Å². The number of carbonyl (C=O) groups is 2. The van der Waals surface area contributed by atoms with E-state index in [1.807, 2.05) is 4.90 Å². The van der Waals surface area contributed by atoms with Crippen LogP contribution in [0.3, 0.4) is 0 Å². The first-order chi connectivity index (χ1) is 12.1. The number of benzene rings is 1. The second-order valence-electron chi connectivity index (χ2n) is 5.87. The van der Waals surface area contributed by atoms with Crippen molar-refractivity contribution in [1.29, 1.82) is 0 Å². The summed E-state index contributed by atoms with van der Waals surface area (Å²) in [5, 5.41) is 2.74. The number of hydrogen-bond donors (Lipinski definition) is 1. The Morgan fingerprint density at radius 1 is 1.08 bits per heavy atom. The number of hydrogen-bond acceptors (Lipinski definition) is 4. The predicted octanol–water partition coefficient (Wildman–Crippen LogP) is 1.62. The van der Waals surface area contributed by atoms with Gasteiger partial charge in [0.15, 0.2) is 0 Å². The van der Waals surface area contributed by atoms with Gasteiger partial charge in [0.2, 0.25) is 5.91 Å². The first-order valence-corrected chi connectivity index (χ1v) is 8.09. The van der Waals surface area contributed by atoms with Gasteiger partial charge in [-0.15, -0.1) is 0 Å². The number of nitrogens with zero attached hydrogens (tertiary/aromatic N) is 3. The number of amides is 2. The summed E-state index contributed by atoms with van der Waals surface area (Å²) in [6.07, 6.45) is 3.19. The van der Waals surface area contributed by atoms with Crippen molar-refractivity contribution in [2.45, 2.75) is 0 Å². The standard InChI is InChI=1S/C18H19FN4O2/c19-15-3-5-16(6-4-15)21-17(24)13-22-8-10-23(11-9-22)18(25)14-2-1-7-20-12-14/h1-7,12H,8-11,13H2,(H,21,24). The molecule has 7 heteroatoms. The normalized spacial score (nSPS) is 15.0. The van der Waals surface area contributed by atoms with Gasteiger partial charge in [0.1, 0.15) is 5.82 Å². The van der Waals surface area contributed by atoms with E-state index in [0.717, 1.165) is 0 Å². The number of anilines is 1. The van der Waals surface area contributed by atoms with Crippen LogP contribution in [0.15, 0.2) is 48.8 Å². The van der Waals surface area contributed by atoms with E-state index in [0.29, 0.717) is 37.4 Å². The number of piperazine rings is 1. The molecule has 0 bridgehead atoms. The van der Waals surface area contributed by atoms with E-state index < -0.39 is 0 Å². The van der Waals surface area contributed by atoms with Crippen LogP contribution < -0.4 is 5.32 Å². The fourth-order valence-electron chi connectivity index (χ4n) is 2.72. The highest BCUT2D eigenvalue weighted by atomic mass is 19.1. The second-order valence-corrected chi connectivity index (χ2v) is 5.87. The Labute approximate surface area is 145 Å². The van der Waals surface area contributed by atoms with Crippen LogP contribution >= 0.6 is 0 Å². The van der Waals surface area contributed by atoms with Gasteiger partial charge in [-0.25, -0.2) is 4.39 Å². The fraction of sp³-hybridized carbons (Fsp3) is 0.278. The van der Waals surface area contributed by atoms with Crippen LogP contribution in [0.4, 0.5) is 10.1 Å². The average molecular weight is 342 g/mol. The van der Waals surface area contributed by atoms with Crippen LogP contribution in [0, 0.1) is 5.82 Å². The summed E-state index contributed by atoms with van der Waals surface area (Å²) in [5.41, 5.74) is 1.14. The van der Waals surface area contributed by atoms with Crippen molar-refractivity contribution in [3.63, 3.8) is 0 Å². The molecular formula is C18H19FN4O2. The molecule has 1 aliphatic heterocycles. The van der Waals surface area contributed by atoms with Crippen molar-refractivity contribution in [2.24, 2.45) is 0 Å². The molecule has 2 heterocycles. The summed E-state index contributed by atoms with van der Waals surface area (Å²) in [4.78, 5) is 32.1. The molecule has 3 rings (SSSR count). The zero-order valence-electron chi connectivity index (χ0n) is 13.7. The minimum atomic E-state index is -0.340. The van der Waals surface area contributed by atoms with Gasteiger partial charge in [0, 0.05) is 44.3 Å². The number of aromatic nitrogens is 1. The van der Waals surface area contributed by atoms with Gasteiger partial charge in [-0.3, -0.25) is 19.5 Å². The second kappa shape index (κ2) is 7.85. The summed E-state index contributed by atoms with van der Waals surface area (Å²) in [6.45, 7) is 2.63. The molecule has 1 saturated heterocycles. The van der Waals surface area contributed by atoms with Gasteiger partial charge < -0.3 is 10.2 Å². The zero-order chi connectivity index (χ0) is 17.6. The van der Waals surface area contributed by atoms with Gasteiger partial charge in [0.25, 0.3) is 5.91 Å². The Hall–Kier alpha value is -2.80. The lowest BCUT2D eigenvalue weighted by Crippen LogP contribution is -2.50. The van der Waals surface area contributed by atoms with Crippen molar-refractivity contribution in [1.82, 2.24) is 14.8 Å². The van der Waals surface area contributed by atoms with Crippen LogP contribution in [-0.2, 0) is 4.79 Å². The molecule has 25 heavy (non-hydrogen) atoms. The van der Waals surface area contributed by atoms with Gasteiger partial charge in [-0.1, -0.05) is 0 Å². The molecule has 1 aromatic heterocycles. The molecule has 130 valence electrons. The maximum Gasteiger partial charge on any atom is 0.255 e. The van der Waals surface area contributed by atoms with E-state index in [1.165, 1.54) is 24.3 Å². The highest BCUT2D eigenvalue weighted by Gasteiger charge is 2.23. The summed E-state index contributed by atoms with van der Waals surface area (Å²) in [7, 11) is 0. The van der Waals surface area contributed by atoms with Crippen LogP contribution in [0.25, 0.3) is 0 Å². The lowest BCUT2D eigenvalue weighted by molar-refractivity contribution is -0.117. The van der Waals surface area contributed by atoms with Crippen molar-refractivity contribution in [3.05, 3.63) is 60.2 Å². The summed E-state index contributed by atoms with van der Waals surface area (Å²) >= 11 is 0. The third kappa shape index (κ3) is 4.60. The number of rotatable bonds is 4. The number of pyridine rings is 1. The highest BCUT2D eigenvalue weighted by molar-refractivity contribution is 5.94. The number of nitrogens with one attached hydrogen (secondary N) is 1. The molecule has 1 aliphatic rings. The van der Waals surface area contributed by atoms with E-state index in [9.17, 15) is 14.0 Å². The maximum absolute atomic E-state index is 12.9. The van der Waals surface area contributed by atoms with E-state index >= 15 is 0 Å². The van der Waals surface area contributed by atoms with Gasteiger partial charge in [-0.2, -0.15) is 0 Å². The van der Waals surface area contributed by atoms with Crippen LogP contribution in [0.1, 0.15) is 10.4 Å². The minimum Gasteiger partial charge on any atom is -0.336 e. The van der Waals surface area contributed by atoms with Gasteiger partial charge >= 0.3 is 0 Å². The summed E-state index contributed by atoms with van der Waals surface area (Å²) in [5.74, 6) is -0.533. The van der Waals surface area contributed by atoms with E-state index in [2.05, 4.69) is 10.3 Å². The summed E-state index contributed by atoms with van der Waals surface area (Å²) < 4.78 is 12.9. The molecule has 1 fully saturated rings. The first kappa shape index (κ1) is 17.0. The molecule has 0 saturated carbocycles. The van der Waals surface area contributed by atoms with Crippen molar-refractivity contribution in [3.8, 4) is 0 Å². The third-order valence-electron chi connectivity index (χ3n) is 4.06. The van der Waals surface area contributed by atoms with Gasteiger partial charge in [-0.05, 0) is 36.4 Å². The minimum absolute atomic E-state index is 0.0384. The topological polar surface area (TPSA) is 65.5 Å². The Morgan fingerprint density at radius 2 is 1.80 bits per heavy atom. The molecule has 0 atom stereocenters. The predicted molar refractivity (Wildman–Crippen MR) is 91.6 cm³/mol. The molecule has 0 spiro atoms. The van der Waals surface area contributed by atoms with E-state index in [-0.39, 0.29) is 24.2 Å². The smallest absolute Gasteiger partial charge is 0.255 e. The molecule has 0 aliphatic carbocycles. The van der Waals surface area contributed by atoms with Crippen LogP contribution in [-0.4, -0.2) is 59.3 Å². The first-order valence-electron chi connectivity index (χ1n) is 8.09. The summed E-state index contributed by atoms with van der Waals surface area (Å²) in [6, 6.07) is 9.15. The zero-order valence-corrected chi connectivity index (χ0v) is 13.7. The molecular weight excluding hydrogens is 323 g/mol. The number of halogens is 1. The SMILES string of the molecule is O=C(CN1CCN(C(=O)c2cccnc2)CC1)Nc1ccc(F)cc1. The molecule has 1 N–H and O–H groups in total. The van der Waals surface area contributed by atoms with Crippen molar-refractivity contribution >= 4 is 17.5 Å². The van der Waals surface area contributed by atoms with Crippen LogP contribution in [0.5, 0.6) is 0 Å². The quantitative estimate of drug-likeness (QED) is 0.917. The Kier molecular flexibility index (Phi) is 5.35. The van der Waals surface area contributed by atoms with E-state index in [4.69, 9.17) is 0 Å². The molecule has 1 aromatic carbocycles. The molecule has 6 nitrogen and oxygen atoms in total. The lowest BCUT2D eigenvalue weighted by Gasteiger charge is -2.34. The van der Waals surface area contributed by atoms with Crippen molar-refractivity contribution < 1.29 is 14.0 Å². The van der Waals surface area contributed by atoms with E-state index in [1.54, 1.807) is 29.4 Å². The number of carbonyl (C=O) groups excluding carboxylic acids is 2. The Morgan fingerprint density at radius 3 is 2.44 bits per heavy atom. The monoisotopic (exact) mass is 342 g/mol. The fourth-order valence-corrected chi connectivity index (χ4v) is 2.72. The largest absolute Gasteiger partial charge is 0.336 e. The average Bonchev–Trinajstić information content (AvgIpc) is 2.64. The molecule has 0 radical (unpaired) electrons. The highest BCUT2D eigenvalue weighted by Crippen LogP contribution is 2.10. The molecule has 2 amide bonds.